The Hall–Kier alpha value is -5.23. The van der Waals surface area contributed by atoms with E-state index in [2.05, 4.69) is 4.99 Å². The Labute approximate surface area is 275 Å². The third kappa shape index (κ3) is 7.12. The molecule has 0 saturated heterocycles. The number of carbonyl (C=O) groups is 1. The van der Waals surface area contributed by atoms with Crippen LogP contribution in [0.4, 0.5) is 0 Å². The minimum atomic E-state index is -0.794. The van der Waals surface area contributed by atoms with Gasteiger partial charge in [-0.2, -0.15) is 0 Å². The number of aromatic nitrogens is 1. The van der Waals surface area contributed by atoms with Gasteiger partial charge in [0, 0.05) is 0 Å². The van der Waals surface area contributed by atoms with E-state index in [0.29, 0.717) is 62.6 Å². The molecule has 11 nitrogen and oxygen atoms in total. The van der Waals surface area contributed by atoms with Gasteiger partial charge < -0.3 is 33.2 Å². The van der Waals surface area contributed by atoms with Gasteiger partial charge in [-0.25, -0.2) is 9.79 Å². The number of fused-ring (bicyclic) bond motifs is 1. The minimum Gasteiger partial charge on any atom is -0.497 e. The Morgan fingerprint density at radius 3 is 2.17 bits per heavy atom. The first kappa shape index (κ1) is 33.1. The molecule has 0 spiro atoms. The normalized spacial score (nSPS) is 14.2. The van der Waals surface area contributed by atoms with Crippen molar-refractivity contribution in [3.05, 3.63) is 103 Å². The van der Waals surface area contributed by atoms with E-state index in [9.17, 15) is 9.59 Å². The molecular weight excluding hydrogens is 624 g/mol. The maximum Gasteiger partial charge on any atom is 0.338 e. The number of carbonyl (C=O) groups excluding carboxylic acids is 1. The molecule has 0 N–H and O–H groups in total. The summed E-state index contributed by atoms with van der Waals surface area (Å²) in [6.07, 6.45) is 1.76. The Kier molecular flexibility index (Phi) is 10.5. The Bertz CT molecular complexity index is 1960. The van der Waals surface area contributed by atoms with Crippen LogP contribution in [0.3, 0.4) is 0 Å². The zero-order valence-electron chi connectivity index (χ0n) is 27.0. The first-order chi connectivity index (χ1) is 22.8. The number of rotatable bonds is 13. The third-order valence-electron chi connectivity index (χ3n) is 7.39. The fourth-order valence-electron chi connectivity index (χ4n) is 5.16. The van der Waals surface area contributed by atoms with Crippen LogP contribution in [0.2, 0.25) is 0 Å². The van der Waals surface area contributed by atoms with Gasteiger partial charge in [-0.05, 0) is 79.6 Å². The summed E-state index contributed by atoms with van der Waals surface area (Å²) in [4.78, 5) is 32.4. The fourth-order valence-corrected chi connectivity index (χ4v) is 6.20. The number of hydrogen-bond donors (Lipinski definition) is 0. The first-order valence-corrected chi connectivity index (χ1v) is 15.6. The van der Waals surface area contributed by atoms with Crippen molar-refractivity contribution in [2.24, 2.45) is 4.99 Å². The average Bonchev–Trinajstić information content (AvgIpc) is 3.39. The van der Waals surface area contributed by atoms with E-state index in [4.69, 9.17) is 33.2 Å². The second kappa shape index (κ2) is 14.9. The van der Waals surface area contributed by atoms with Crippen molar-refractivity contribution in [1.29, 1.82) is 0 Å². The molecule has 4 aromatic rings. The van der Waals surface area contributed by atoms with E-state index in [1.54, 1.807) is 71.6 Å². The molecule has 47 heavy (non-hydrogen) atoms. The maximum atomic E-state index is 14.0. The number of hydrogen-bond acceptors (Lipinski definition) is 11. The van der Waals surface area contributed by atoms with Crippen molar-refractivity contribution in [3.63, 3.8) is 0 Å². The van der Waals surface area contributed by atoms with Gasteiger partial charge in [0.1, 0.15) is 24.7 Å². The molecule has 12 heteroatoms. The molecule has 0 bridgehead atoms. The van der Waals surface area contributed by atoms with Crippen LogP contribution in [-0.2, 0) is 9.53 Å². The average molecular weight is 661 g/mol. The number of allylic oxidation sites excluding steroid dienone is 1. The lowest BCUT2D eigenvalue weighted by molar-refractivity contribution is -0.139. The summed E-state index contributed by atoms with van der Waals surface area (Å²) in [5.74, 6) is 2.93. The van der Waals surface area contributed by atoms with Crippen LogP contribution < -0.4 is 43.3 Å². The largest absolute Gasteiger partial charge is 0.497 e. The molecule has 0 aliphatic carbocycles. The second-order valence-electron chi connectivity index (χ2n) is 10.2. The predicted octanol–water partition coefficient (Wildman–Crippen LogP) is 4.29. The summed E-state index contributed by atoms with van der Waals surface area (Å²) in [7, 11) is 6.24. The summed E-state index contributed by atoms with van der Waals surface area (Å²) in [6.45, 7) is 4.26. The smallest absolute Gasteiger partial charge is 0.338 e. The van der Waals surface area contributed by atoms with Crippen LogP contribution in [0.5, 0.6) is 34.5 Å². The molecular formula is C35H36N2O9S. The zero-order valence-corrected chi connectivity index (χ0v) is 27.8. The highest BCUT2D eigenvalue weighted by atomic mass is 32.1. The van der Waals surface area contributed by atoms with Crippen molar-refractivity contribution < 1.29 is 38.0 Å². The second-order valence-corrected chi connectivity index (χ2v) is 11.2. The van der Waals surface area contributed by atoms with Crippen LogP contribution in [0.1, 0.15) is 31.0 Å². The van der Waals surface area contributed by atoms with Gasteiger partial charge in [-0.15, -0.1) is 0 Å². The molecule has 1 aliphatic heterocycles. The lowest BCUT2D eigenvalue weighted by atomic mass is 9.95. The van der Waals surface area contributed by atoms with E-state index in [1.165, 1.54) is 23.0 Å². The van der Waals surface area contributed by atoms with Gasteiger partial charge in [0.15, 0.2) is 27.8 Å². The standard InChI is InChI=1S/C35H36N2O9S/c1-7-44-34(39)31-21(2)36-35-37(32(31)23-9-15-26(41-4)29(20-23)43-6)33(38)30(47-35)19-22-8-14-27(28(18-22)42-5)46-17-16-45-25-12-10-24(40-3)11-13-25/h8-15,18-20,32H,7,16-17H2,1-6H3/t32-/m0/s1. The van der Waals surface area contributed by atoms with Gasteiger partial charge in [0.2, 0.25) is 0 Å². The molecule has 0 fully saturated rings. The molecule has 0 unspecified atom stereocenters. The quantitative estimate of drug-likeness (QED) is 0.153. The van der Waals surface area contributed by atoms with E-state index in [1.807, 2.05) is 30.3 Å². The molecule has 2 heterocycles. The molecule has 1 aromatic heterocycles. The van der Waals surface area contributed by atoms with Crippen LogP contribution in [0.25, 0.3) is 6.08 Å². The summed E-state index contributed by atoms with van der Waals surface area (Å²) in [5.41, 5.74) is 1.80. The molecule has 0 radical (unpaired) electrons. The van der Waals surface area contributed by atoms with Crippen LogP contribution in [-0.4, -0.2) is 58.8 Å². The molecule has 1 aliphatic rings. The topological polar surface area (TPSA) is 116 Å². The van der Waals surface area contributed by atoms with Crippen molar-refractivity contribution in [1.82, 2.24) is 4.57 Å². The first-order valence-electron chi connectivity index (χ1n) is 14.8. The number of ether oxygens (including phenoxy) is 7. The van der Waals surface area contributed by atoms with Crippen molar-refractivity contribution in [2.45, 2.75) is 19.9 Å². The number of nitrogens with zero attached hydrogens (tertiary/aromatic N) is 2. The minimum absolute atomic E-state index is 0.177. The Balaban J connectivity index is 1.45. The van der Waals surface area contributed by atoms with E-state index >= 15 is 0 Å². The summed E-state index contributed by atoms with van der Waals surface area (Å²) in [6, 6.07) is 17.2. The van der Waals surface area contributed by atoms with Crippen LogP contribution >= 0.6 is 11.3 Å². The number of methoxy groups -OCH3 is 4. The van der Waals surface area contributed by atoms with E-state index < -0.39 is 12.0 Å². The van der Waals surface area contributed by atoms with Crippen molar-refractivity contribution in [3.8, 4) is 34.5 Å². The number of esters is 1. The number of thiazole rings is 1. The maximum absolute atomic E-state index is 14.0. The van der Waals surface area contributed by atoms with Gasteiger partial charge >= 0.3 is 5.97 Å². The van der Waals surface area contributed by atoms with Gasteiger partial charge in [0.25, 0.3) is 5.56 Å². The van der Waals surface area contributed by atoms with Crippen molar-refractivity contribution >= 4 is 23.4 Å². The van der Waals surface area contributed by atoms with Crippen molar-refractivity contribution in [2.75, 3.05) is 48.3 Å². The SMILES string of the molecule is CCOC(=O)C1=C(C)N=c2sc(=Cc3ccc(OCCOc4ccc(OC)cc4)c(OC)c3)c(=O)n2[C@H]1c1ccc(OC)c(OC)c1. The Morgan fingerprint density at radius 2 is 1.49 bits per heavy atom. The third-order valence-corrected chi connectivity index (χ3v) is 8.38. The molecule has 0 amide bonds. The Morgan fingerprint density at radius 1 is 0.830 bits per heavy atom. The van der Waals surface area contributed by atoms with E-state index in [-0.39, 0.29) is 17.7 Å². The highest BCUT2D eigenvalue weighted by Gasteiger charge is 2.34. The van der Waals surface area contributed by atoms with E-state index in [0.717, 1.165) is 11.3 Å². The van der Waals surface area contributed by atoms with Gasteiger partial charge in [-0.3, -0.25) is 9.36 Å². The molecule has 5 rings (SSSR count). The monoisotopic (exact) mass is 660 g/mol. The van der Waals surface area contributed by atoms with Crippen LogP contribution in [0, 0.1) is 0 Å². The number of benzene rings is 3. The predicted molar refractivity (Wildman–Crippen MR) is 177 cm³/mol. The summed E-state index contributed by atoms with van der Waals surface area (Å²) < 4.78 is 40.7. The lowest BCUT2D eigenvalue weighted by Crippen LogP contribution is -2.39. The zero-order chi connectivity index (χ0) is 33.5. The van der Waals surface area contributed by atoms with Gasteiger partial charge in [-0.1, -0.05) is 23.5 Å². The fraction of sp³-hybridized carbons (Fsp3) is 0.286. The molecule has 246 valence electrons. The summed E-state index contributed by atoms with van der Waals surface area (Å²) >= 11 is 1.23. The van der Waals surface area contributed by atoms with Crippen LogP contribution in [0.15, 0.2) is 81.7 Å². The highest BCUT2D eigenvalue weighted by Crippen LogP contribution is 2.36. The molecule has 1 atom stereocenters. The summed E-state index contributed by atoms with van der Waals surface area (Å²) in [5, 5.41) is 0. The highest BCUT2D eigenvalue weighted by molar-refractivity contribution is 7.07. The molecule has 3 aromatic carbocycles. The van der Waals surface area contributed by atoms with Gasteiger partial charge in [0.05, 0.1) is 56.9 Å². The molecule has 0 saturated carbocycles. The lowest BCUT2D eigenvalue weighted by Gasteiger charge is -2.25.